The van der Waals surface area contributed by atoms with Crippen LogP contribution in [0.15, 0.2) is 158 Å². The molecule has 0 aliphatic rings. The zero-order valence-corrected chi connectivity index (χ0v) is 50.8. The van der Waals surface area contributed by atoms with Gasteiger partial charge in [0.1, 0.15) is 13.2 Å². The Hall–Kier alpha value is -4.97. The molecule has 6 heteroatoms. The van der Waals surface area contributed by atoms with E-state index in [9.17, 15) is 14.4 Å². The molecule has 0 aliphatic carbocycles. The van der Waals surface area contributed by atoms with Crippen molar-refractivity contribution >= 4 is 17.9 Å². The van der Waals surface area contributed by atoms with Crippen molar-refractivity contribution in [2.45, 2.75) is 271 Å². The van der Waals surface area contributed by atoms with E-state index in [0.717, 1.165) is 173 Å². The molecule has 0 heterocycles. The van der Waals surface area contributed by atoms with Crippen LogP contribution in [0, 0.1) is 0 Å². The van der Waals surface area contributed by atoms with E-state index in [1.165, 1.54) is 51.4 Å². The van der Waals surface area contributed by atoms with Crippen LogP contribution in [0.5, 0.6) is 0 Å². The SMILES string of the molecule is CC/C=C\C/C=C\C/C=C\C/C=C\C/C=C\C/C=C\C/C=C\C/C=C\C/C=C\CCCCCCCCCC(=O)OCC(COC(=O)CCCCCCC/C=C\CCCC)OC(=O)CCCCCCC/C=C\C/C=C\C/C=C\CC. The van der Waals surface area contributed by atoms with Gasteiger partial charge in [-0.15, -0.1) is 0 Å². The van der Waals surface area contributed by atoms with Gasteiger partial charge in [0, 0.05) is 19.3 Å². The van der Waals surface area contributed by atoms with Crippen molar-refractivity contribution in [1.82, 2.24) is 0 Å². The zero-order chi connectivity index (χ0) is 57.1. The third-order valence-electron chi connectivity index (χ3n) is 13.0. The molecule has 0 aromatic rings. The molecule has 0 aliphatic heterocycles. The quantitative estimate of drug-likeness (QED) is 0.0261. The van der Waals surface area contributed by atoms with Crippen molar-refractivity contribution in [3.05, 3.63) is 158 Å². The molecule has 444 valence electrons. The maximum atomic E-state index is 12.9. The second-order valence-electron chi connectivity index (χ2n) is 20.5. The third-order valence-corrected chi connectivity index (χ3v) is 13.0. The fourth-order valence-electron chi connectivity index (χ4n) is 8.25. The maximum Gasteiger partial charge on any atom is 0.306 e. The lowest BCUT2D eigenvalue weighted by molar-refractivity contribution is -0.167. The number of allylic oxidation sites excluding steroid dienone is 26. The normalized spacial score (nSPS) is 13.2. The van der Waals surface area contributed by atoms with Gasteiger partial charge in [-0.05, 0) is 141 Å². The summed E-state index contributed by atoms with van der Waals surface area (Å²) in [5, 5.41) is 0. The summed E-state index contributed by atoms with van der Waals surface area (Å²) in [4.78, 5) is 38.2. The first-order chi connectivity index (χ1) is 39.0. The lowest BCUT2D eigenvalue weighted by atomic mass is 10.1. The van der Waals surface area contributed by atoms with Crippen molar-refractivity contribution in [2.75, 3.05) is 13.2 Å². The molecule has 0 N–H and O–H groups in total. The van der Waals surface area contributed by atoms with Gasteiger partial charge < -0.3 is 14.2 Å². The summed E-state index contributed by atoms with van der Waals surface area (Å²) in [5.74, 6) is -0.940. The molecule has 0 aromatic heterocycles. The molecule has 79 heavy (non-hydrogen) atoms. The lowest BCUT2D eigenvalue weighted by Gasteiger charge is -2.18. The summed E-state index contributed by atoms with van der Waals surface area (Å²) >= 11 is 0. The standard InChI is InChI=1S/C73H116O6/c1-4-7-10-13-16-19-22-24-26-27-28-29-30-31-32-33-34-35-36-37-38-39-40-41-42-43-44-45-47-48-51-54-57-60-63-66-72(75)78-69-70(68-77-71(74)65-62-59-56-53-50-21-18-15-12-9-6-3)79-73(76)67-64-61-58-55-52-49-46-25-23-20-17-14-11-8-5-2/h7-8,10-11,15-20,24-26,28-29,31-32,34-35,37-38,40-41,43-44,46,70H,4-6,9,12-14,21-23,27,30,33,36,39,42,45,47-69H2,1-3H3/b10-7-,11-8-,18-15-,19-16-,20-17-,26-24-,29-28-,32-31-,35-34-,38-37-,41-40-,44-43-,46-25-. The highest BCUT2D eigenvalue weighted by atomic mass is 16.6. The highest BCUT2D eigenvalue weighted by Crippen LogP contribution is 2.14. The second-order valence-corrected chi connectivity index (χ2v) is 20.5. The molecule has 0 spiro atoms. The van der Waals surface area contributed by atoms with Gasteiger partial charge >= 0.3 is 17.9 Å². The molecule has 1 atom stereocenters. The Balaban J connectivity index is 4.26. The highest BCUT2D eigenvalue weighted by molar-refractivity contribution is 5.71. The summed E-state index contributed by atoms with van der Waals surface area (Å²) in [6.45, 7) is 6.33. The summed E-state index contributed by atoms with van der Waals surface area (Å²) in [5.41, 5.74) is 0. The molecule has 0 bridgehead atoms. The van der Waals surface area contributed by atoms with Crippen LogP contribution >= 0.6 is 0 Å². The van der Waals surface area contributed by atoms with Crippen LogP contribution in [0.4, 0.5) is 0 Å². The largest absolute Gasteiger partial charge is 0.462 e. The van der Waals surface area contributed by atoms with Crippen LogP contribution in [-0.4, -0.2) is 37.2 Å². The molecule has 0 saturated carbocycles. The van der Waals surface area contributed by atoms with Crippen molar-refractivity contribution in [1.29, 1.82) is 0 Å². The van der Waals surface area contributed by atoms with E-state index in [0.29, 0.717) is 19.3 Å². The van der Waals surface area contributed by atoms with Crippen LogP contribution < -0.4 is 0 Å². The van der Waals surface area contributed by atoms with E-state index in [-0.39, 0.29) is 31.1 Å². The molecule has 0 rings (SSSR count). The minimum Gasteiger partial charge on any atom is -0.462 e. The van der Waals surface area contributed by atoms with Crippen LogP contribution in [0.25, 0.3) is 0 Å². The Kier molecular flexibility index (Phi) is 61.4. The summed E-state index contributed by atoms with van der Waals surface area (Å²) < 4.78 is 16.8. The first-order valence-electron chi connectivity index (χ1n) is 32.0. The number of hydrogen-bond donors (Lipinski definition) is 0. The number of carbonyl (C=O) groups excluding carboxylic acids is 3. The molecular formula is C73H116O6. The molecule has 0 aromatic carbocycles. The smallest absolute Gasteiger partial charge is 0.306 e. The lowest BCUT2D eigenvalue weighted by Crippen LogP contribution is -2.30. The van der Waals surface area contributed by atoms with Crippen LogP contribution in [0.1, 0.15) is 265 Å². The minimum absolute atomic E-state index is 0.0978. The maximum absolute atomic E-state index is 12.9. The predicted octanol–water partition coefficient (Wildman–Crippen LogP) is 22.1. The van der Waals surface area contributed by atoms with Crippen LogP contribution in [0.3, 0.4) is 0 Å². The van der Waals surface area contributed by atoms with E-state index < -0.39 is 6.10 Å². The van der Waals surface area contributed by atoms with E-state index in [2.05, 4.69) is 179 Å². The van der Waals surface area contributed by atoms with Crippen molar-refractivity contribution < 1.29 is 28.6 Å². The Labute approximate surface area is 486 Å². The number of carbonyl (C=O) groups is 3. The molecule has 0 amide bonds. The first kappa shape index (κ1) is 74.0. The van der Waals surface area contributed by atoms with E-state index in [1.54, 1.807) is 0 Å². The van der Waals surface area contributed by atoms with Crippen molar-refractivity contribution in [3.63, 3.8) is 0 Å². The number of hydrogen-bond acceptors (Lipinski definition) is 6. The molecule has 0 saturated heterocycles. The van der Waals surface area contributed by atoms with Gasteiger partial charge in [0.2, 0.25) is 0 Å². The monoisotopic (exact) mass is 1090 g/mol. The second kappa shape index (κ2) is 65.5. The molecular weight excluding hydrogens is 973 g/mol. The van der Waals surface area contributed by atoms with Crippen molar-refractivity contribution in [2.24, 2.45) is 0 Å². The van der Waals surface area contributed by atoms with E-state index >= 15 is 0 Å². The Morgan fingerprint density at radius 3 is 0.785 bits per heavy atom. The van der Waals surface area contributed by atoms with Crippen LogP contribution in [0.2, 0.25) is 0 Å². The molecule has 1 unspecified atom stereocenters. The number of esters is 3. The highest BCUT2D eigenvalue weighted by Gasteiger charge is 2.19. The summed E-state index contributed by atoms with van der Waals surface area (Å²) in [6, 6.07) is 0. The topological polar surface area (TPSA) is 78.9 Å². The minimum atomic E-state index is -0.801. The van der Waals surface area contributed by atoms with Gasteiger partial charge in [0.05, 0.1) is 0 Å². The number of unbranched alkanes of at least 4 members (excludes halogenated alkanes) is 19. The van der Waals surface area contributed by atoms with Gasteiger partial charge in [0.25, 0.3) is 0 Å². The first-order valence-corrected chi connectivity index (χ1v) is 32.0. The fourth-order valence-corrected chi connectivity index (χ4v) is 8.25. The average Bonchev–Trinajstić information content (AvgIpc) is 3.45. The third kappa shape index (κ3) is 63.7. The predicted molar refractivity (Wildman–Crippen MR) is 343 cm³/mol. The molecule has 0 fully saturated rings. The van der Waals surface area contributed by atoms with E-state index in [1.807, 2.05) is 0 Å². The molecule has 0 radical (unpaired) electrons. The fraction of sp³-hybridized carbons (Fsp3) is 0.603. The van der Waals surface area contributed by atoms with Gasteiger partial charge in [-0.2, -0.15) is 0 Å². The number of ether oxygens (including phenoxy) is 3. The van der Waals surface area contributed by atoms with Gasteiger partial charge in [-0.3, -0.25) is 14.4 Å². The van der Waals surface area contributed by atoms with Crippen LogP contribution in [-0.2, 0) is 28.6 Å². The summed E-state index contributed by atoms with van der Waals surface area (Å²) in [6.07, 6.45) is 95.4. The van der Waals surface area contributed by atoms with Gasteiger partial charge in [0.15, 0.2) is 6.10 Å². The zero-order valence-electron chi connectivity index (χ0n) is 50.8. The van der Waals surface area contributed by atoms with Gasteiger partial charge in [-0.25, -0.2) is 0 Å². The summed E-state index contributed by atoms with van der Waals surface area (Å²) in [7, 11) is 0. The Bertz CT molecular complexity index is 1780. The Morgan fingerprint density at radius 1 is 0.266 bits per heavy atom. The molecule has 6 nitrogen and oxygen atoms in total. The number of rotatable bonds is 56. The Morgan fingerprint density at radius 2 is 0.494 bits per heavy atom. The van der Waals surface area contributed by atoms with Crippen molar-refractivity contribution in [3.8, 4) is 0 Å². The van der Waals surface area contributed by atoms with Gasteiger partial charge in [-0.1, -0.05) is 262 Å². The average molecular weight is 1090 g/mol. The van der Waals surface area contributed by atoms with E-state index in [4.69, 9.17) is 14.2 Å².